The maximum absolute atomic E-state index is 14.8. The van der Waals surface area contributed by atoms with Crippen LogP contribution in [0.2, 0.25) is 0 Å². The molecule has 0 radical (unpaired) electrons. The SMILES string of the molecule is CC(=O)N[C@@H](CCCN=C(N)N)C(=O)N[C@H]1CC(=O)NCCCC[C@@H](C(=O)O)NC(=O)[C@H](Cc2c[nH]c3ccccc23)CC(=O)[C@H](CCCNC(N)=O)CC(=O)[C@@H](Cc2ccccc2)NC(=O)[C@H](Cc2cnc[nH]2)NC1=O. The third kappa shape index (κ3) is 19.9. The number of nitrogens with zero attached hydrogens (tertiary/aromatic N) is 2. The summed E-state index contributed by atoms with van der Waals surface area (Å²) >= 11 is 0. The molecule has 7 atom stereocenters. The summed E-state index contributed by atoms with van der Waals surface area (Å²) in [6.07, 6.45) is 3.43. The first kappa shape index (κ1) is 59.2. The van der Waals surface area contributed by atoms with Gasteiger partial charge in [0.2, 0.25) is 35.4 Å². The number of hydrogen-bond acceptors (Lipinski definition) is 12. The van der Waals surface area contributed by atoms with E-state index in [1.165, 1.54) is 19.4 Å². The number of H-pyrrole nitrogens is 2. The van der Waals surface area contributed by atoms with Crippen LogP contribution in [-0.4, -0.2) is 135 Å². The van der Waals surface area contributed by atoms with Crippen molar-refractivity contribution in [1.82, 2.24) is 52.2 Å². The van der Waals surface area contributed by atoms with E-state index < -0.39 is 120 Å². The Morgan fingerprint density at radius 2 is 1.52 bits per heavy atom. The molecule has 5 rings (SSSR count). The molecular weight excluding hydrogens is 997 g/mol. The molecule has 16 N–H and O–H groups in total. The number of amides is 8. The fraction of sp³-hybridized carbons (Fsp3) is 0.462. The molecule has 1 saturated heterocycles. The van der Waals surface area contributed by atoms with Gasteiger partial charge in [-0.2, -0.15) is 0 Å². The highest BCUT2D eigenvalue weighted by Crippen LogP contribution is 2.26. The number of imidazole rings is 1. The van der Waals surface area contributed by atoms with Crippen molar-refractivity contribution in [1.29, 1.82) is 0 Å². The van der Waals surface area contributed by atoms with Crippen molar-refractivity contribution < 1.29 is 53.1 Å². The molecule has 414 valence electrons. The van der Waals surface area contributed by atoms with E-state index in [0.29, 0.717) is 16.8 Å². The number of rotatable bonds is 18. The summed E-state index contributed by atoms with van der Waals surface area (Å²) in [7, 11) is 0. The number of carbonyl (C=O) groups is 10. The minimum Gasteiger partial charge on any atom is -0.480 e. The number of urea groups is 1. The lowest BCUT2D eigenvalue weighted by Crippen LogP contribution is -2.59. The summed E-state index contributed by atoms with van der Waals surface area (Å²) in [6.45, 7) is 1.32. The van der Waals surface area contributed by atoms with E-state index in [0.717, 1.165) is 10.9 Å². The number of nitrogens with one attached hydrogen (secondary N) is 9. The number of aromatic nitrogens is 3. The zero-order valence-corrected chi connectivity index (χ0v) is 42.9. The highest BCUT2D eigenvalue weighted by Gasteiger charge is 2.36. The lowest BCUT2D eigenvalue weighted by molar-refractivity contribution is -0.143. The summed E-state index contributed by atoms with van der Waals surface area (Å²) in [5.74, 6) is -9.54. The Hall–Kier alpha value is -8.64. The number of benzene rings is 2. The molecule has 0 bridgehead atoms. The van der Waals surface area contributed by atoms with E-state index in [2.05, 4.69) is 57.2 Å². The fourth-order valence-corrected chi connectivity index (χ4v) is 9.03. The Balaban J connectivity index is 1.54. The van der Waals surface area contributed by atoms with Gasteiger partial charge < -0.3 is 69.5 Å². The molecule has 77 heavy (non-hydrogen) atoms. The van der Waals surface area contributed by atoms with Gasteiger partial charge in [0.05, 0.1) is 18.8 Å². The Labute approximate surface area is 444 Å². The van der Waals surface area contributed by atoms with Gasteiger partial charge in [-0.15, -0.1) is 0 Å². The van der Waals surface area contributed by atoms with Crippen molar-refractivity contribution in [3.8, 4) is 0 Å². The lowest BCUT2D eigenvalue weighted by atomic mass is 9.83. The van der Waals surface area contributed by atoms with Gasteiger partial charge in [0.1, 0.15) is 30.0 Å². The molecule has 3 heterocycles. The average Bonchev–Trinajstić information content (AvgIpc) is 4.07. The molecule has 1 aliphatic rings. The number of ketones is 2. The minimum atomic E-state index is -1.66. The van der Waals surface area contributed by atoms with Gasteiger partial charge in [-0.05, 0) is 75.0 Å². The van der Waals surface area contributed by atoms with Crippen molar-refractivity contribution in [3.05, 3.63) is 90.1 Å². The molecule has 0 saturated carbocycles. The van der Waals surface area contributed by atoms with E-state index >= 15 is 0 Å². The van der Waals surface area contributed by atoms with E-state index in [1.54, 1.807) is 36.5 Å². The quantitative estimate of drug-likeness (QED) is 0.0349. The molecule has 0 spiro atoms. The van der Waals surface area contributed by atoms with Crippen LogP contribution < -0.4 is 54.4 Å². The Bertz CT molecular complexity index is 2710. The molecule has 0 unspecified atom stereocenters. The number of hydrogen-bond donors (Lipinski definition) is 13. The van der Waals surface area contributed by atoms with Gasteiger partial charge in [-0.3, -0.25) is 43.3 Å². The number of fused-ring (bicyclic) bond motifs is 1. The second-order valence-corrected chi connectivity index (χ2v) is 19.0. The third-order valence-corrected chi connectivity index (χ3v) is 13.0. The summed E-state index contributed by atoms with van der Waals surface area (Å²) in [5.41, 5.74) is 18.7. The van der Waals surface area contributed by atoms with Crippen LogP contribution in [0.5, 0.6) is 0 Å². The smallest absolute Gasteiger partial charge is 0.326 e. The number of Topliss-reactive ketones (excluding diaryl/α,β-unsaturated/α-hetero) is 2. The van der Waals surface area contributed by atoms with Crippen LogP contribution in [0.3, 0.4) is 0 Å². The van der Waals surface area contributed by atoms with Crippen molar-refractivity contribution in [2.24, 2.45) is 34.0 Å². The second-order valence-electron chi connectivity index (χ2n) is 19.0. The summed E-state index contributed by atoms with van der Waals surface area (Å²) in [5, 5.41) is 29.4. The first-order chi connectivity index (χ1) is 36.9. The Morgan fingerprint density at radius 1 is 0.792 bits per heavy atom. The molecule has 2 aromatic carbocycles. The zero-order chi connectivity index (χ0) is 55.9. The van der Waals surface area contributed by atoms with Crippen LogP contribution in [0.1, 0.15) is 88.0 Å². The largest absolute Gasteiger partial charge is 0.480 e. The highest BCUT2D eigenvalue weighted by molar-refractivity contribution is 5.99. The molecule has 1 fully saturated rings. The van der Waals surface area contributed by atoms with E-state index in [1.807, 2.05) is 24.3 Å². The third-order valence-electron chi connectivity index (χ3n) is 13.0. The van der Waals surface area contributed by atoms with Gasteiger partial charge in [0, 0.05) is 86.6 Å². The summed E-state index contributed by atoms with van der Waals surface area (Å²) in [6, 6.07) is 8.13. The molecular formula is C52H70N14O11. The molecule has 25 heteroatoms. The average molecular weight is 1070 g/mol. The standard InChI is InChI=1S/C52H70N14O11/c1-30(67)62-38(17-10-19-58-51(53)54)47(72)66-42-26-45(70)57-18-8-7-16-39(50(75)76)63-46(71)33(22-34-27-60-37-15-6-5-14-36(34)37)24-43(68)32(13-9-20-59-52(55)77)23-44(69)40(21-31-11-3-2-4-12-31)64-48(73)41(65-49(42)74)25-35-28-56-29-61-35/h2-6,11-12,14-15,27-29,32-33,38-42,60H,7-10,13,16-26H2,1H3,(H,56,61)(H,57,70)(H,62,67)(H,63,71)(H,64,73)(H,65,74)(H,66,72)(H,75,76)(H4,53,54,58)(H3,55,59,77)/t32-,33-,38+,39+,40-,41+,42+/m1/s1. The number of nitrogens with two attached hydrogens (primary N) is 3. The predicted octanol–water partition coefficient (Wildman–Crippen LogP) is -0.210. The van der Waals surface area contributed by atoms with Crippen LogP contribution >= 0.6 is 0 Å². The molecule has 1 aliphatic heterocycles. The second kappa shape index (κ2) is 30.0. The van der Waals surface area contributed by atoms with Crippen molar-refractivity contribution >= 4 is 75.9 Å². The van der Waals surface area contributed by atoms with E-state index in [-0.39, 0.29) is 89.8 Å². The highest BCUT2D eigenvalue weighted by atomic mass is 16.4. The van der Waals surface area contributed by atoms with Crippen molar-refractivity contribution in [2.75, 3.05) is 19.6 Å². The lowest BCUT2D eigenvalue weighted by Gasteiger charge is -2.27. The Kier molecular flexibility index (Phi) is 23.1. The van der Waals surface area contributed by atoms with Gasteiger partial charge in [0.25, 0.3) is 0 Å². The number of carbonyl (C=O) groups excluding carboxylic acids is 9. The number of aliphatic carboxylic acids is 1. The van der Waals surface area contributed by atoms with Crippen LogP contribution in [0.25, 0.3) is 10.9 Å². The number of carboxylic acid groups (broad SMARTS) is 1. The van der Waals surface area contributed by atoms with Gasteiger partial charge in [0.15, 0.2) is 11.7 Å². The number of primary amides is 1. The number of aliphatic imine (C=N–C) groups is 1. The van der Waals surface area contributed by atoms with Crippen LogP contribution in [0.4, 0.5) is 4.79 Å². The number of aromatic amines is 2. The molecule has 4 aromatic rings. The maximum Gasteiger partial charge on any atom is 0.326 e. The minimum absolute atomic E-state index is 0.00869. The topological polar surface area (TPSA) is 410 Å². The molecule has 2 aromatic heterocycles. The van der Waals surface area contributed by atoms with Gasteiger partial charge in [-0.25, -0.2) is 14.6 Å². The molecule has 25 nitrogen and oxygen atoms in total. The van der Waals surface area contributed by atoms with Crippen LogP contribution in [-0.2, 0) is 62.4 Å². The number of guanidine groups is 1. The van der Waals surface area contributed by atoms with E-state index in [9.17, 15) is 53.1 Å². The van der Waals surface area contributed by atoms with Crippen LogP contribution in [0, 0.1) is 11.8 Å². The van der Waals surface area contributed by atoms with Gasteiger partial charge >= 0.3 is 12.0 Å². The number of para-hydroxylation sites is 1. The van der Waals surface area contributed by atoms with Crippen molar-refractivity contribution in [3.63, 3.8) is 0 Å². The monoisotopic (exact) mass is 1070 g/mol. The Morgan fingerprint density at radius 3 is 2.22 bits per heavy atom. The fourth-order valence-electron chi connectivity index (χ4n) is 9.03. The first-order valence-electron chi connectivity index (χ1n) is 25.5. The predicted molar refractivity (Wildman–Crippen MR) is 282 cm³/mol. The van der Waals surface area contributed by atoms with Gasteiger partial charge in [-0.1, -0.05) is 48.5 Å². The van der Waals surface area contributed by atoms with Crippen LogP contribution in [0.15, 0.2) is 78.3 Å². The first-order valence-corrected chi connectivity index (χ1v) is 25.5. The maximum atomic E-state index is 14.8. The summed E-state index contributed by atoms with van der Waals surface area (Å²) < 4.78 is 0. The zero-order valence-electron chi connectivity index (χ0n) is 42.9. The number of carboxylic acids is 1. The molecule has 8 amide bonds. The van der Waals surface area contributed by atoms with E-state index in [4.69, 9.17) is 17.2 Å². The molecule has 0 aliphatic carbocycles. The normalized spacial score (nSPS) is 21.1. The summed E-state index contributed by atoms with van der Waals surface area (Å²) in [4.78, 5) is 151. The van der Waals surface area contributed by atoms with Crippen molar-refractivity contribution in [2.45, 2.75) is 121 Å².